The summed E-state index contributed by atoms with van der Waals surface area (Å²) in [6.45, 7) is 3.80. The van der Waals surface area contributed by atoms with Crippen LogP contribution < -0.4 is 10.1 Å². The standard InChI is InChI=1S/C15H20N2O4/c1-12(15(19)17-7-9-20-10-8-17)16-14(18)11-21-13-5-3-2-4-6-13/h2-6,12H,7-11H2,1H3,(H,16,18)/t12-/m0/s1. The fraction of sp³-hybridized carbons (Fsp3) is 0.467. The quantitative estimate of drug-likeness (QED) is 0.854. The summed E-state index contributed by atoms with van der Waals surface area (Å²) in [6.07, 6.45) is 0. The van der Waals surface area contributed by atoms with Crippen molar-refractivity contribution in [1.82, 2.24) is 10.2 Å². The molecule has 114 valence electrons. The molecule has 1 fully saturated rings. The smallest absolute Gasteiger partial charge is 0.258 e. The van der Waals surface area contributed by atoms with E-state index in [0.29, 0.717) is 32.1 Å². The van der Waals surface area contributed by atoms with Crippen LogP contribution in [0.1, 0.15) is 6.92 Å². The Morgan fingerprint density at radius 1 is 1.29 bits per heavy atom. The van der Waals surface area contributed by atoms with Gasteiger partial charge in [-0.3, -0.25) is 9.59 Å². The van der Waals surface area contributed by atoms with E-state index in [1.54, 1.807) is 24.0 Å². The molecule has 0 aromatic heterocycles. The predicted octanol–water partition coefficient (Wildman–Crippen LogP) is 0.429. The maximum Gasteiger partial charge on any atom is 0.258 e. The number of rotatable bonds is 5. The zero-order valence-electron chi connectivity index (χ0n) is 12.1. The molecule has 1 saturated heterocycles. The fourth-order valence-corrected chi connectivity index (χ4v) is 2.07. The number of nitrogens with one attached hydrogen (secondary N) is 1. The minimum Gasteiger partial charge on any atom is -0.484 e. The lowest BCUT2D eigenvalue weighted by molar-refractivity contribution is -0.139. The molecule has 2 amide bonds. The van der Waals surface area contributed by atoms with Crippen LogP contribution in [0.25, 0.3) is 0 Å². The lowest BCUT2D eigenvalue weighted by Crippen LogP contribution is -2.51. The van der Waals surface area contributed by atoms with Crippen molar-refractivity contribution in [2.24, 2.45) is 0 Å². The second-order valence-corrected chi connectivity index (χ2v) is 4.83. The summed E-state index contributed by atoms with van der Waals surface area (Å²) in [5.74, 6) is 0.221. The summed E-state index contributed by atoms with van der Waals surface area (Å²) in [6, 6.07) is 8.52. The van der Waals surface area contributed by atoms with E-state index in [1.807, 2.05) is 18.2 Å². The van der Waals surface area contributed by atoms with Crippen LogP contribution in [-0.4, -0.2) is 55.7 Å². The highest BCUT2D eigenvalue weighted by atomic mass is 16.5. The average Bonchev–Trinajstić information content (AvgIpc) is 2.54. The Labute approximate surface area is 124 Å². The van der Waals surface area contributed by atoms with E-state index >= 15 is 0 Å². The molecule has 0 spiro atoms. The first kappa shape index (κ1) is 15.3. The fourth-order valence-electron chi connectivity index (χ4n) is 2.07. The van der Waals surface area contributed by atoms with Crippen molar-refractivity contribution >= 4 is 11.8 Å². The van der Waals surface area contributed by atoms with Crippen LogP contribution in [0.5, 0.6) is 5.75 Å². The molecule has 0 saturated carbocycles. The number of carbonyl (C=O) groups is 2. The molecule has 0 radical (unpaired) electrons. The van der Waals surface area contributed by atoms with Gasteiger partial charge in [0, 0.05) is 13.1 Å². The first-order valence-electron chi connectivity index (χ1n) is 7.00. The molecule has 6 heteroatoms. The van der Waals surface area contributed by atoms with Gasteiger partial charge in [-0.1, -0.05) is 18.2 Å². The number of nitrogens with zero attached hydrogens (tertiary/aromatic N) is 1. The lowest BCUT2D eigenvalue weighted by Gasteiger charge is -2.29. The van der Waals surface area contributed by atoms with Gasteiger partial charge in [0.25, 0.3) is 5.91 Å². The number of amides is 2. The number of carbonyl (C=O) groups excluding carboxylic acids is 2. The van der Waals surface area contributed by atoms with E-state index < -0.39 is 6.04 Å². The van der Waals surface area contributed by atoms with E-state index in [1.165, 1.54) is 0 Å². The second-order valence-electron chi connectivity index (χ2n) is 4.83. The molecule has 1 atom stereocenters. The van der Waals surface area contributed by atoms with E-state index in [4.69, 9.17) is 9.47 Å². The van der Waals surface area contributed by atoms with Gasteiger partial charge >= 0.3 is 0 Å². The third kappa shape index (κ3) is 4.75. The van der Waals surface area contributed by atoms with Crippen molar-refractivity contribution in [2.45, 2.75) is 13.0 Å². The summed E-state index contributed by atoms with van der Waals surface area (Å²) >= 11 is 0. The van der Waals surface area contributed by atoms with Crippen molar-refractivity contribution in [2.75, 3.05) is 32.9 Å². The van der Waals surface area contributed by atoms with Crippen LogP contribution in [0, 0.1) is 0 Å². The molecule has 1 aromatic carbocycles. The molecule has 1 N–H and O–H groups in total. The van der Waals surface area contributed by atoms with Crippen LogP contribution >= 0.6 is 0 Å². The molecule has 1 aliphatic rings. The van der Waals surface area contributed by atoms with Crippen molar-refractivity contribution < 1.29 is 19.1 Å². The van der Waals surface area contributed by atoms with Crippen LogP contribution in [0.15, 0.2) is 30.3 Å². The molecule has 21 heavy (non-hydrogen) atoms. The number of ether oxygens (including phenoxy) is 2. The Balaban J connectivity index is 1.74. The normalized spacial score (nSPS) is 16.1. The van der Waals surface area contributed by atoms with Crippen molar-refractivity contribution in [3.05, 3.63) is 30.3 Å². The molecule has 0 bridgehead atoms. The van der Waals surface area contributed by atoms with Gasteiger partial charge in [-0.2, -0.15) is 0 Å². The zero-order chi connectivity index (χ0) is 15.1. The highest BCUT2D eigenvalue weighted by molar-refractivity contribution is 5.87. The zero-order valence-corrected chi connectivity index (χ0v) is 12.1. The van der Waals surface area contributed by atoms with E-state index in [-0.39, 0.29) is 18.4 Å². The number of hydrogen-bond acceptors (Lipinski definition) is 4. The molecule has 0 unspecified atom stereocenters. The predicted molar refractivity (Wildman–Crippen MR) is 76.9 cm³/mol. The van der Waals surface area contributed by atoms with Crippen LogP contribution in [0.2, 0.25) is 0 Å². The largest absolute Gasteiger partial charge is 0.484 e. The van der Waals surface area contributed by atoms with Gasteiger partial charge in [-0.15, -0.1) is 0 Å². The van der Waals surface area contributed by atoms with Gasteiger partial charge in [-0.25, -0.2) is 0 Å². The van der Waals surface area contributed by atoms with Crippen LogP contribution in [0.3, 0.4) is 0 Å². The Morgan fingerprint density at radius 2 is 1.95 bits per heavy atom. The molecule has 1 heterocycles. The first-order chi connectivity index (χ1) is 10.2. The number of para-hydroxylation sites is 1. The topological polar surface area (TPSA) is 67.9 Å². The maximum absolute atomic E-state index is 12.1. The van der Waals surface area contributed by atoms with E-state index in [0.717, 1.165) is 0 Å². The van der Waals surface area contributed by atoms with Crippen LogP contribution in [-0.2, 0) is 14.3 Å². The van der Waals surface area contributed by atoms with Gasteiger partial charge in [0.2, 0.25) is 5.91 Å². The third-order valence-corrected chi connectivity index (χ3v) is 3.18. The van der Waals surface area contributed by atoms with Crippen molar-refractivity contribution in [3.63, 3.8) is 0 Å². The average molecular weight is 292 g/mol. The van der Waals surface area contributed by atoms with Crippen LogP contribution in [0.4, 0.5) is 0 Å². The number of morpholine rings is 1. The third-order valence-electron chi connectivity index (χ3n) is 3.18. The Bertz CT molecular complexity index is 472. The lowest BCUT2D eigenvalue weighted by atomic mass is 10.2. The summed E-state index contributed by atoms with van der Waals surface area (Å²) in [5, 5.41) is 2.65. The summed E-state index contributed by atoms with van der Waals surface area (Å²) < 4.78 is 10.5. The minimum absolute atomic E-state index is 0.0913. The Kier molecular flexibility index (Phi) is 5.57. The monoisotopic (exact) mass is 292 g/mol. The number of benzene rings is 1. The van der Waals surface area contributed by atoms with Crippen molar-refractivity contribution in [1.29, 1.82) is 0 Å². The van der Waals surface area contributed by atoms with Gasteiger partial charge in [0.1, 0.15) is 11.8 Å². The Hall–Kier alpha value is -2.08. The second kappa shape index (κ2) is 7.64. The van der Waals surface area contributed by atoms with Crippen molar-refractivity contribution in [3.8, 4) is 5.75 Å². The minimum atomic E-state index is -0.560. The summed E-state index contributed by atoms with van der Waals surface area (Å²) in [4.78, 5) is 25.6. The summed E-state index contributed by atoms with van der Waals surface area (Å²) in [7, 11) is 0. The first-order valence-corrected chi connectivity index (χ1v) is 7.00. The molecule has 0 aliphatic carbocycles. The highest BCUT2D eigenvalue weighted by Crippen LogP contribution is 2.07. The van der Waals surface area contributed by atoms with E-state index in [2.05, 4.69) is 5.32 Å². The van der Waals surface area contributed by atoms with Gasteiger partial charge in [-0.05, 0) is 19.1 Å². The maximum atomic E-state index is 12.1. The molecule has 1 aromatic rings. The molecule has 1 aliphatic heterocycles. The van der Waals surface area contributed by atoms with Gasteiger partial charge in [0.15, 0.2) is 6.61 Å². The van der Waals surface area contributed by atoms with Gasteiger partial charge in [0.05, 0.1) is 13.2 Å². The SMILES string of the molecule is C[C@H](NC(=O)COc1ccccc1)C(=O)N1CCOCC1. The van der Waals surface area contributed by atoms with Gasteiger partial charge < -0.3 is 19.7 Å². The Morgan fingerprint density at radius 3 is 2.62 bits per heavy atom. The molecule has 6 nitrogen and oxygen atoms in total. The van der Waals surface area contributed by atoms with E-state index in [9.17, 15) is 9.59 Å². The number of hydrogen-bond donors (Lipinski definition) is 1. The summed E-state index contributed by atoms with van der Waals surface area (Å²) in [5.41, 5.74) is 0. The molecular formula is C15H20N2O4. The highest BCUT2D eigenvalue weighted by Gasteiger charge is 2.23. The molecular weight excluding hydrogens is 272 g/mol. The molecule has 2 rings (SSSR count).